The van der Waals surface area contributed by atoms with Crippen LogP contribution in [0.15, 0.2) is 18.2 Å². The summed E-state index contributed by atoms with van der Waals surface area (Å²) in [6, 6.07) is 5.75. The number of benzene rings is 1. The zero-order chi connectivity index (χ0) is 12.0. The van der Waals surface area contributed by atoms with Crippen LogP contribution in [0, 0.1) is 5.92 Å². The van der Waals surface area contributed by atoms with Crippen LogP contribution in [-0.4, -0.2) is 19.6 Å². The Morgan fingerprint density at radius 1 is 1.31 bits per heavy atom. The molecule has 0 saturated carbocycles. The van der Waals surface area contributed by atoms with Crippen molar-refractivity contribution in [3.63, 3.8) is 0 Å². The lowest BCUT2D eigenvalue weighted by Crippen LogP contribution is -2.27. The van der Waals surface area contributed by atoms with E-state index in [1.165, 1.54) is 5.56 Å². The topological polar surface area (TPSA) is 38.0 Å². The monoisotopic (exact) mass is 260 g/mol. The van der Waals surface area contributed by atoms with E-state index < -0.39 is 0 Å². The van der Waals surface area contributed by atoms with Crippen molar-refractivity contribution in [3.05, 3.63) is 33.8 Å². The molecule has 0 aliphatic carbocycles. The predicted octanol–water partition coefficient (Wildman–Crippen LogP) is 2.72. The molecule has 1 aromatic carbocycles. The smallest absolute Gasteiger partial charge is 0.0595 e. The van der Waals surface area contributed by atoms with Gasteiger partial charge in [0.15, 0.2) is 0 Å². The third-order valence-corrected chi connectivity index (χ3v) is 3.21. The van der Waals surface area contributed by atoms with E-state index in [1.807, 2.05) is 18.2 Å². The summed E-state index contributed by atoms with van der Waals surface area (Å²) in [6.45, 7) is 4.74. The minimum Gasteiger partial charge on any atom is -0.330 e. The first-order chi connectivity index (χ1) is 7.63. The van der Waals surface area contributed by atoms with Crippen LogP contribution in [0.5, 0.6) is 0 Å². The Kier molecular flexibility index (Phi) is 6.14. The minimum atomic E-state index is 0.522. The van der Waals surface area contributed by atoms with Gasteiger partial charge in [0, 0.05) is 0 Å². The highest BCUT2D eigenvalue weighted by Gasteiger charge is 2.00. The molecule has 1 aromatic rings. The Morgan fingerprint density at radius 2 is 2.06 bits per heavy atom. The van der Waals surface area contributed by atoms with E-state index in [2.05, 4.69) is 12.2 Å². The molecule has 0 amide bonds. The lowest BCUT2D eigenvalue weighted by molar-refractivity contribution is 0.524. The highest BCUT2D eigenvalue weighted by Crippen LogP contribution is 2.22. The van der Waals surface area contributed by atoms with E-state index in [0.717, 1.165) is 26.1 Å². The maximum Gasteiger partial charge on any atom is 0.0595 e. The largest absolute Gasteiger partial charge is 0.330 e. The average Bonchev–Trinajstić information content (AvgIpc) is 2.28. The van der Waals surface area contributed by atoms with Crippen molar-refractivity contribution in [2.45, 2.75) is 13.3 Å². The summed E-state index contributed by atoms with van der Waals surface area (Å²) in [6.07, 6.45) is 0.953. The van der Waals surface area contributed by atoms with Crippen molar-refractivity contribution < 1.29 is 0 Å². The Morgan fingerprint density at radius 3 is 2.69 bits per heavy atom. The highest BCUT2D eigenvalue weighted by atomic mass is 35.5. The van der Waals surface area contributed by atoms with Crippen LogP contribution in [0.3, 0.4) is 0 Å². The van der Waals surface area contributed by atoms with Crippen molar-refractivity contribution in [1.29, 1.82) is 0 Å². The fraction of sp³-hybridized carbons (Fsp3) is 0.500. The first kappa shape index (κ1) is 13.8. The maximum absolute atomic E-state index is 5.93. The molecule has 0 heterocycles. The first-order valence-electron chi connectivity index (χ1n) is 5.48. The summed E-state index contributed by atoms with van der Waals surface area (Å²) in [5.74, 6) is 0.522. The minimum absolute atomic E-state index is 0.522. The van der Waals surface area contributed by atoms with Gasteiger partial charge in [-0.25, -0.2) is 0 Å². The SMILES string of the molecule is CC(CN)CNCCc1ccc(Cl)c(Cl)c1. The summed E-state index contributed by atoms with van der Waals surface area (Å²) >= 11 is 11.8. The standard InChI is InChI=1S/C12H18Cl2N2/c1-9(7-15)8-16-5-4-10-2-3-11(13)12(14)6-10/h2-3,6,9,16H,4-5,7-8,15H2,1H3. The van der Waals surface area contributed by atoms with E-state index in [4.69, 9.17) is 28.9 Å². The van der Waals surface area contributed by atoms with Crippen molar-refractivity contribution in [1.82, 2.24) is 5.32 Å². The second-order valence-electron chi connectivity index (χ2n) is 4.04. The van der Waals surface area contributed by atoms with Crippen molar-refractivity contribution in [3.8, 4) is 0 Å². The van der Waals surface area contributed by atoms with Gasteiger partial charge in [-0.3, -0.25) is 0 Å². The number of rotatable bonds is 6. The molecule has 1 unspecified atom stereocenters. The van der Waals surface area contributed by atoms with Crippen LogP contribution in [0.25, 0.3) is 0 Å². The van der Waals surface area contributed by atoms with Gasteiger partial charge in [-0.15, -0.1) is 0 Å². The summed E-state index contributed by atoms with van der Waals surface area (Å²) in [4.78, 5) is 0. The van der Waals surface area contributed by atoms with Crippen LogP contribution < -0.4 is 11.1 Å². The van der Waals surface area contributed by atoms with E-state index in [0.29, 0.717) is 16.0 Å². The predicted molar refractivity (Wildman–Crippen MR) is 71.3 cm³/mol. The number of nitrogens with two attached hydrogens (primary N) is 1. The molecule has 0 saturated heterocycles. The van der Waals surface area contributed by atoms with Crippen molar-refractivity contribution >= 4 is 23.2 Å². The normalized spacial score (nSPS) is 12.8. The highest BCUT2D eigenvalue weighted by molar-refractivity contribution is 6.42. The molecule has 0 aromatic heterocycles. The zero-order valence-corrected chi connectivity index (χ0v) is 11.0. The molecule has 90 valence electrons. The average molecular weight is 261 g/mol. The zero-order valence-electron chi connectivity index (χ0n) is 9.47. The van der Waals surface area contributed by atoms with Gasteiger partial charge in [0.05, 0.1) is 10.0 Å². The molecule has 4 heteroatoms. The van der Waals surface area contributed by atoms with Crippen LogP contribution in [-0.2, 0) is 6.42 Å². The first-order valence-corrected chi connectivity index (χ1v) is 6.23. The van der Waals surface area contributed by atoms with Crippen LogP contribution in [0.1, 0.15) is 12.5 Å². The molecular weight excluding hydrogens is 243 g/mol. The second-order valence-corrected chi connectivity index (χ2v) is 4.86. The molecule has 1 rings (SSSR count). The lowest BCUT2D eigenvalue weighted by atomic mass is 10.1. The van der Waals surface area contributed by atoms with Gasteiger partial charge in [0.25, 0.3) is 0 Å². The van der Waals surface area contributed by atoms with E-state index in [1.54, 1.807) is 0 Å². The number of hydrogen-bond donors (Lipinski definition) is 2. The maximum atomic E-state index is 5.93. The van der Waals surface area contributed by atoms with E-state index >= 15 is 0 Å². The van der Waals surface area contributed by atoms with Crippen molar-refractivity contribution in [2.24, 2.45) is 11.7 Å². The molecule has 2 nitrogen and oxygen atoms in total. The molecular formula is C12H18Cl2N2. The summed E-state index contributed by atoms with van der Waals surface area (Å²) in [5, 5.41) is 4.59. The van der Waals surface area contributed by atoms with Crippen LogP contribution in [0.4, 0.5) is 0 Å². The van der Waals surface area contributed by atoms with Gasteiger partial charge < -0.3 is 11.1 Å². The molecule has 1 atom stereocenters. The van der Waals surface area contributed by atoms with E-state index in [9.17, 15) is 0 Å². The van der Waals surface area contributed by atoms with Gasteiger partial charge in [-0.05, 0) is 49.7 Å². The quantitative estimate of drug-likeness (QED) is 0.773. The molecule has 0 spiro atoms. The van der Waals surface area contributed by atoms with Gasteiger partial charge in [-0.1, -0.05) is 36.2 Å². The third-order valence-electron chi connectivity index (χ3n) is 2.47. The molecule has 0 fully saturated rings. The molecule has 0 aliphatic rings. The number of nitrogens with one attached hydrogen (secondary N) is 1. The number of hydrogen-bond acceptors (Lipinski definition) is 2. The molecule has 0 aliphatic heterocycles. The molecule has 0 bridgehead atoms. The molecule has 3 N–H and O–H groups in total. The fourth-order valence-electron chi connectivity index (χ4n) is 1.36. The van der Waals surface area contributed by atoms with Gasteiger partial charge in [0.2, 0.25) is 0 Å². The van der Waals surface area contributed by atoms with Gasteiger partial charge >= 0.3 is 0 Å². The Bertz CT molecular complexity index is 329. The Balaban J connectivity index is 2.29. The summed E-state index contributed by atoms with van der Waals surface area (Å²) in [5.41, 5.74) is 6.73. The van der Waals surface area contributed by atoms with Crippen LogP contribution in [0.2, 0.25) is 10.0 Å². The molecule has 16 heavy (non-hydrogen) atoms. The number of halogens is 2. The third kappa shape index (κ3) is 4.71. The summed E-state index contributed by atoms with van der Waals surface area (Å²) < 4.78 is 0. The Labute approximate surface area is 107 Å². The second kappa shape index (κ2) is 7.13. The summed E-state index contributed by atoms with van der Waals surface area (Å²) in [7, 11) is 0. The van der Waals surface area contributed by atoms with Gasteiger partial charge in [-0.2, -0.15) is 0 Å². The molecule has 0 radical (unpaired) electrons. The van der Waals surface area contributed by atoms with Crippen LogP contribution >= 0.6 is 23.2 Å². The lowest BCUT2D eigenvalue weighted by Gasteiger charge is -2.10. The van der Waals surface area contributed by atoms with Gasteiger partial charge in [0.1, 0.15) is 0 Å². The fourth-order valence-corrected chi connectivity index (χ4v) is 1.68. The van der Waals surface area contributed by atoms with Crippen molar-refractivity contribution in [2.75, 3.05) is 19.6 Å². The Hall–Kier alpha value is -0.280. The van der Waals surface area contributed by atoms with E-state index in [-0.39, 0.29) is 0 Å².